The van der Waals surface area contributed by atoms with Crippen LogP contribution >= 0.6 is 0 Å². The summed E-state index contributed by atoms with van der Waals surface area (Å²) in [6.07, 6.45) is -0.148. The molecule has 0 saturated carbocycles. The number of H-pyrrole nitrogens is 1. The molecule has 1 aromatic heterocycles. The molecule has 0 fully saturated rings. The van der Waals surface area contributed by atoms with E-state index in [0.29, 0.717) is 17.7 Å². The van der Waals surface area contributed by atoms with Gasteiger partial charge in [-0.2, -0.15) is 0 Å². The normalized spacial score (nSPS) is 10.6. The first kappa shape index (κ1) is 13.1. The second-order valence-corrected chi connectivity index (χ2v) is 4.33. The highest BCUT2D eigenvalue weighted by Crippen LogP contribution is 2.16. The van der Waals surface area contributed by atoms with Crippen LogP contribution in [-0.2, 0) is 16.1 Å². The number of ketones is 1. The van der Waals surface area contributed by atoms with Crippen LogP contribution in [0.25, 0.3) is 11.0 Å². The predicted octanol–water partition coefficient (Wildman–Crippen LogP) is 1.27. The number of nitrogens with one attached hydrogen (secondary N) is 2. The maximum atomic E-state index is 11.6. The van der Waals surface area contributed by atoms with Crippen LogP contribution in [0.3, 0.4) is 0 Å². The Bertz CT molecular complexity index is 697. The molecule has 6 heteroatoms. The summed E-state index contributed by atoms with van der Waals surface area (Å²) in [4.78, 5) is 36.7. The topological polar surface area (TPSA) is 84.0 Å². The van der Waals surface area contributed by atoms with Crippen LogP contribution < -0.4 is 11.0 Å². The first-order valence-corrected chi connectivity index (χ1v) is 6.03. The van der Waals surface area contributed by atoms with E-state index in [1.54, 1.807) is 22.8 Å². The number of aryl methyl sites for hydroxylation is 1. The third kappa shape index (κ3) is 2.73. The van der Waals surface area contributed by atoms with Gasteiger partial charge in [0.15, 0.2) is 0 Å². The average Bonchev–Trinajstić information content (AvgIpc) is 2.62. The number of nitrogens with zero attached hydrogens (tertiary/aromatic N) is 1. The Labute approximate surface area is 109 Å². The average molecular weight is 261 g/mol. The zero-order valence-corrected chi connectivity index (χ0v) is 10.8. The molecule has 6 nitrogen and oxygen atoms in total. The van der Waals surface area contributed by atoms with Crippen LogP contribution in [0, 0.1) is 0 Å². The molecule has 1 aromatic carbocycles. The number of anilines is 1. The van der Waals surface area contributed by atoms with Gasteiger partial charge in [0, 0.05) is 12.2 Å². The van der Waals surface area contributed by atoms with Crippen molar-refractivity contribution in [1.82, 2.24) is 9.55 Å². The summed E-state index contributed by atoms with van der Waals surface area (Å²) in [5, 5.41) is 2.62. The fourth-order valence-corrected chi connectivity index (χ4v) is 1.99. The summed E-state index contributed by atoms with van der Waals surface area (Å²) in [6, 6.07) is 5.15. The predicted molar refractivity (Wildman–Crippen MR) is 72.2 cm³/mol. The lowest BCUT2D eigenvalue weighted by molar-refractivity contribution is -0.124. The summed E-state index contributed by atoms with van der Waals surface area (Å²) in [5.74, 6) is -0.548. The standard InChI is InChI=1S/C13H15N3O3/c1-3-16-11-5-4-9(7-10(11)15-13(16)19)14-12(18)6-8(2)17/h4-5,7H,3,6H2,1-2H3,(H,14,18)(H,15,19). The summed E-state index contributed by atoms with van der Waals surface area (Å²) >= 11 is 0. The second-order valence-electron chi connectivity index (χ2n) is 4.33. The lowest BCUT2D eigenvalue weighted by Gasteiger charge is -2.04. The number of rotatable bonds is 4. The molecule has 0 radical (unpaired) electrons. The van der Waals surface area contributed by atoms with Crippen molar-refractivity contribution in [3.8, 4) is 0 Å². The first-order chi connectivity index (χ1) is 9.01. The molecule has 19 heavy (non-hydrogen) atoms. The van der Waals surface area contributed by atoms with Gasteiger partial charge in [0.2, 0.25) is 5.91 Å². The lowest BCUT2D eigenvalue weighted by Crippen LogP contribution is -2.15. The maximum absolute atomic E-state index is 11.6. The monoisotopic (exact) mass is 261 g/mol. The van der Waals surface area contributed by atoms with Crippen LogP contribution in [0.2, 0.25) is 0 Å². The number of hydrogen-bond acceptors (Lipinski definition) is 3. The third-order valence-corrected chi connectivity index (χ3v) is 2.78. The Hall–Kier alpha value is -2.37. The molecule has 100 valence electrons. The number of benzene rings is 1. The Morgan fingerprint density at radius 3 is 2.74 bits per heavy atom. The number of Topliss-reactive ketones (excluding diaryl/α,β-unsaturated/α-hetero) is 1. The molecular formula is C13H15N3O3. The molecule has 0 spiro atoms. The van der Waals surface area contributed by atoms with Crippen molar-refractivity contribution in [2.24, 2.45) is 0 Å². The van der Waals surface area contributed by atoms with Gasteiger partial charge in [-0.3, -0.25) is 14.2 Å². The Morgan fingerprint density at radius 2 is 2.11 bits per heavy atom. The van der Waals surface area contributed by atoms with Crippen LogP contribution in [0.4, 0.5) is 5.69 Å². The van der Waals surface area contributed by atoms with E-state index in [1.165, 1.54) is 6.92 Å². The van der Waals surface area contributed by atoms with Gasteiger partial charge in [0.1, 0.15) is 5.78 Å². The van der Waals surface area contributed by atoms with E-state index in [2.05, 4.69) is 10.3 Å². The quantitative estimate of drug-likeness (QED) is 0.813. The molecule has 2 rings (SSSR count). The fourth-order valence-electron chi connectivity index (χ4n) is 1.99. The van der Waals surface area contributed by atoms with E-state index < -0.39 is 0 Å². The number of imidazole rings is 1. The van der Waals surface area contributed by atoms with Gasteiger partial charge in [-0.25, -0.2) is 4.79 Å². The largest absolute Gasteiger partial charge is 0.326 e. The summed E-state index contributed by atoms with van der Waals surface area (Å²) < 4.78 is 1.61. The smallest absolute Gasteiger partial charge is 0.326 e. The number of amides is 1. The molecule has 0 aliphatic rings. The van der Waals surface area contributed by atoms with Crippen LogP contribution in [0.15, 0.2) is 23.0 Å². The molecule has 0 atom stereocenters. The molecule has 2 aromatic rings. The van der Waals surface area contributed by atoms with Crippen molar-refractivity contribution in [2.75, 3.05) is 5.32 Å². The minimum Gasteiger partial charge on any atom is -0.326 e. The maximum Gasteiger partial charge on any atom is 0.326 e. The van der Waals surface area contributed by atoms with E-state index in [1.807, 2.05) is 6.92 Å². The number of hydrogen-bond donors (Lipinski definition) is 2. The molecule has 2 N–H and O–H groups in total. The summed E-state index contributed by atoms with van der Waals surface area (Å²) in [5.41, 5.74) is 1.83. The third-order valence-electron chi connectivity index (χ3n) is 2.78. The number of fused-ring (bicyclic) bond motifs is 1. The van der Waals surface area contributed by atoms with E-state index in [9.17, 15) is 14.4 Å². The van der Waals surface area contributed by atoms with Gasteiger partial charge < -0.3 is 10.3 Å². The van der Waals surface area contributed by atoms with Gasteiger partial charge in [0.05, 0.1) is 17.5 Å². The van der Waals surface area contributed by atoms with Gasteiger partial charge in [-0.15, -0.1) is 0 Å². The Morgan fingerprint density at radius 1 is 1.37 bits per heavy atom. The number of aromatic nitrogens is 2. The van der Waals surface area contributed by atoms with Crippen LogP contribution in [0.1, 0.15) is 20.3 Å². The summed E-state index contributed by atoms with van der Waals surface area (Å²) in [7, 11) is 0. The minimum absolute atomic E-state index is 0.148. The molecule has 0 aliphatic carbocycles. The minimum atomic E-state index is -0.357. The molecule has 1 heterocycles. The highest BCUT2D eigenvalue weighted by molar-refractivity contribution is 6.04. The molecule has 0 bridgehead atoms. The SMILES string of the molecule is CCn1c(=O)[nH]c2cc(NC(=O)CC(C)=O)ccc21. The highest BCUT2D eigenvalue weighted by atomic mass is 16.2. The number of carbonyl (C=O) groups is 2. The lowest BCUT2D eigenvalue weighted by atomic mass is 10.2. The molecule has 1 amide bonds. The zero-order valence-electron chi connectivity index (χ0n) is 10.8. The van der Waals surface area contributed by atoms with Crippen molar-refractivity contribution in [3.63, 3.8) is 0 Å². The van der Waals surface area contributed by atoms with E-state index in [-0.39, 0.29) is 23.8 Å². The van der Waals surface area contributed by atoms with Crippen LogP contribution in [-0.4, -0.2) is 21.2 Å². The van der Waals surface area contributed by atoms with E-state index >= 15 is 0 Å². The molecule has 0 aliphatic heterocycles. The van der Waals surface area contributed by atoms with Crippen molar-refractivity contribution >= 4 is 28.4 Å². The van der Waals surface area contributed by atoms with Crippen LogP contribution in [0.5, 0.6) is 0 Å². The second kappa shape index (κ2) is 5.09. The van der Waals surface area contributed by atoms with Crippen molar-refractivity contribution in [3.05, 3.63) is 28.7 Å². The van der Waals surface area contributed by atoms with Gasteiger partial charge >= 0.3 is 5.69 Å². The Kier molecular flexibility index (Phi) is 3.50. The Balaban J connectivity index is 2.30. The highest BCUT2D eigenvalue weighted by Gasteiger charge is 2.08. The van der Waals surface area contributed by atoms with Gasteiger partial charge in [0.25, 0.3) is 0 Å². The number of aromatic amines is 1. The van der Waals surface area contributed by atoms with E-state index in [4.69, 9.17) is 0 Å². The fraction of sp³-hybridized carbons (Fsp3) is 0.308. The molecule has 0 saturated heterocycles. The molecular weight excluding hydrogens is 246 g/mol. The van der Waals surface area contributed by atoms with E-state index in [0.717, 1.165) is 5.52 Å². The molecule has 0 unspecified atom stereocenters. The summed E-state index contributed by atoms with van der Waals surface area (Å²) in [6.45, 7) is 3.83. The van der Waals surface area contributed by atoms with Crippen molar-refractivity contribution in [2.45, 2.75) is 26.8 Å². The van der Waals surface area contributed by atoms with Gasteiger partial charge in [-0.1, -0.05) is 0 Å². The van der Waals surface area contributed by atoms with Gasteiger partial charge in [-0.05, 0) is 32.0 Å². The first-order valence-electron chi connectivity index (χ1n) is 6.03. The van der Waals surface area contributed by atoms with Crippen molar-refractivity contribution < 1.29 is 9.59 Å². The van der Waals surface area contributed by atoms with Crippen molar-refractivity contribution in [1.29, 1.82) is 0 Å². The zero-order chi connectivity index (χ0) is 14.0. The number of carbonyl (C=O) groups excluding carboxylic acids is 2.